The van der Waals surface area contributed by atoms with E-state index in [-0.39, 0.29) is 12.2 Å². The highest BCUT2D eigenvalue weighted by molar-refractivity contribution is 6.00. The standard InChI is InChI=1S/C15H15NO3/c1-18-14-7-3-6-12(15(14)19-2)13(17)9-11-5-4-8-16-10-11/h3-8,10H,9H2,1-2H3. The van der Waals surface area contributed by atoms with Gasteiger partial charge in [-0.25, -0.2) is 0 Å². The molecule has 1 aromatic heterocycles. The second-order valence-electron chi connectivity index (χ2n) is 4.00. The van der Waals surface area contributed by atoms with Gasteiger partial charge in [0.05, 0.1) is 19.8 Å². The molecule has 4 nitrogen and oxygen atoms in total. The molecule has 1 heterocycles. The van der Waals surface area contributed by atoms with E-state index < -0.39 is 0 Å². The van der Waals surface area contributed by atoms with Gasteiger partial charge in [0.2, 0.25) is 0 Å². The fraction of sp³-hybridized carbons (Fsp3) is 0.200. The minimum atomic E-state index is -0.0243. The van der Waals surface area contributed by atoms with E-state index in [4.69, 9.17) is 9.47 Å². The maximum absolute atomic E-state index is 12.3. The zero-order valence-corrected chi connectivity index (χ0v) is 10.9. The van der Waals surface area contributed by atoms with Crippen molar-refractivity contribution in [1.29, 1.82) is 0 Å². The maximum atomic E-state index is 12.3. The van der Waals surface area contributed by atoms with Crippen molar-refractivity contribution in [3.8, 4) is 11.5 Å². The second-order valence-corrected chi connectivity index (χ2v) is 4.00. The van der Waals surface area contributed by atoms with E-state index in [1.54, 1.807) is 37.7 Å². The Balaban J connectivity index is 2.29. The molecule has 0 N–H and O–H groups in total. The Morgan fingerprint density at radius 3 is 2.63 bits per heavy atom. The third-order valence-corrected chi connectivity index (χ3v) is 2.79. The van der Waals surface area contributed by atoms with Crippen LogP contribution in [0.4, 0.5) is 0 Å². The lowest BCUT2D eigenvalue weighted by atomic mass is 10.0. The number of carbonyl (C=O) groups excluding carboxylic acids is 1. The number of ketones is 1. The van der Waals surface area contributed by atoms with Gasteiger partial charge in [-0.2, -0.15) is 0 Å². The minimum absolute atomic E-state index is 0.0243. The summed E-state index contributed by atoms with van der Waals surface area (Å²) in [6.07, 6.45) is 3.65. The van der Waals surface area contributed by atoms with Crippen molar-refractivity contribution in [2.75, 3.05) is 14.2 Å². The van der Waals surface area contributed by atoms with Crippen molar-refractivity contribution in [2.45, 2.75) is 6.42 Å². The molecule has 0 bridgehead atoms. The zero-order chi connectivity index (χ0) is 13.7. The molecule has 0 spiro atoms. The summed E-state index contributed by atoms with van der Waals surface area (Å²) >= 11 is 0. The SMILES string of the molecule is COc1cccc(C(=O)Cc2cccnc2)c1OC. The number of carbonyl (C=O) groups is 1. The first-order valence-corrected chi connectivity index (χ1v) is 5.89. The Kier molecular flexibility index (Phi) is 4.13. The van der Waals surface area contributed by atoms with Crippen LogP contribution in [-0.4, -0.2) is 25.0 Å². The van der Waals surface area contributed by atoms with Crippen LogP contribution in [0.2, 0.25) is 0 Å². The van der Waals surface area contributed by atoms with Crippen LogP contribution in [0.15, 0.2) is 42.7 Å². The summed E-state index contributed by atoms with van der Waals surface area (Å²) in [5, 5.41) is 0. The molecule has 0 fully saturated rings. The summed E-state index contributed by atoms with van der Waals surface area (Å²) in [6.45, 7) is 0. The number of benzene rings is 1. The molecule has 19 heavy (non-hydrogen) atoms. The molecule has 2 rings (SSSR count). The van der Waals surface area contributed by atoms with E-state index in [9.17, 15) is 4.79 Å². The zero-order valence-electron chi connectivity index (χ0n) is 10.9. The molecule has 0 aliphatic heterocycles. The van der Waals surface area contributed by atoms with Gasteiger partial charge in [-0.15, -0.1) is 0 Å². The molecule has 4 heteroatoms. The number of para-hydroxylation sites is 1. The monoisotopic (exact) mass is 257 g/mol. The lowest BCUT2D eigenvalue weighted by Crippen LogP contribution is -2.07. The lowest BCUT2D eigenvalue weighted by molar-refractivity contribution is 0.0989. The summed E-state index contributed by atoms with van der Waals surface area (Å²) in [5.41, 5.74) is 1.39. The Hall–Kier alpha value is -2.36. The smallest absolute Gasteiger partial charge is 0.171 e. The largest absolute Gasteiger partial charge is 0.493 e. The van der Waals surface area contributed by atoms with E-state index in [1.165, 1.54) is 7.11 Å². The Morgan fingerprint density at radius 2 is 2.00 bits per heavy atom. The Bertz CT molecular complexity index is 567. The van der Waals surface area contributed by atoms with E-state index in [2.05, 4.69) is 4.98 Å². The third-order valence-electron chi connectivity index (χ3n) is 2.79. The molecule has 0 saturated heterocycles. The van der Waals surface area contributed by atoms with E-state index in [0.717, 1.165) is 5.56 Å². The first kappa shape index (κ1) is 13.1. The maximum Gasteiger partial charge on any atom is 0.171 e. The molecular weight excluding hydrogens is 242 g/mol. The molecule has 1 aromatic carbocycles. The molecule has 0 aliphatic carbocycles. The molecule has 0 atom stereocenters. The van der Waals surface area contributed by atoms with Crippen molar-refractivity contribution < 1.29 is 14.3 Å². The predicted molar refractivity (Wildman–Crippen MR) is 71.8 cm³/mol. The van der Waals surface area contributed by atoms with Crippen LogP contribution in [-0.2, 0) is 6.42 Å². The van der Waals surface area contributed by atoms with Gasteiger partial charge in [0.1, 0.15) is 0 Å². The first-order valence-electron chi connectivity index (χ1n) is 5.89. The molecule has 0 amide bonds. The molecule has 0 saturated carbocycles. The van der Waals surface area contributed by atoms with E-state index in [1.807, 2.05) is 12.1 Å². The van der Waals surface area contributed by atoms with Crippen LogP contribution in [0.1, 0.15) is 15.9 Å². The van der Waals surface area contributed by atoms with Gasteiger partial charge in [0.15, 0.2) is 17.3 Å². The average molecular weight is 257 g/mol. The Morgan fingerprint density at radius 1 is 1.16 bits per heavy atom. The van der Waals surface area contributed by atoms with Crippen molar-refractivity contribution >= 4 is 5.78 Å². The fourth-order valence-corrected chi connectivity index (χ4v) is 1.89. The molecular formula is C15H15NO3. The number of nitrogens with zero attached hydrogens (tertiary/aromatic N) is 1. The van der Waals surface area contributed by atoms with Gasteiger partial charge in [0.25, 0.3) is 0 Å². The molecule has 98 valence electrons. The number of hydrogen-bond acceptors (Lipinski definition) is 4. The molecule has 0 unspecified atom stereocenters. The minimum Gasteiger partial charge on any atom is -0.493 e. The van der Waals surface area contributed by atoms with E-state index in [0.29, 0.717) is 17.1 Å². The third kappa shape index (κ3) is 2.91. The van der Waals surface area contributed by atoms with Gasteiger partial charge >= 0.3 is 0 Å². The summed E-state index contributed by atoms with van der Waals surface area (Å²) < 4.78 is 10.5. The molecule has 2 aromatic rings. The summed E-state index contributed by atoms with van der Waals surface area (Å²) in [6, 6.07) is 8.96. The number of aromatic nitrogens is 1. The van der Waals surface area contributed by atoms with Crippen molar-refractivity contribution in [1.82, 2.24) is 4.98 Å². The quantitative estimate of drug-likeness (QED) is 0.772. The topological polar surface area (TPSA) is 48.4 Å². The van der Waals surface area contributed by atoms with Gasteiger partial charge < -0.3 is 9.47 Å². The molecule has 0 radical (unpaired) electrons. The van der Waals surface area contributed by atoms with E-state index >= 15 is 0 Å². The van der Waals surface area contributed by atoms with Crippen LogP contribution in [0.5, 0.6) is 11.5 Å². The van der Waals surface area contributed by atoms with Crippen molar-refractivity contribution in [3.63, 3.8) is 0 Å². The highest BCUT2D eigenvalue weighted by atomic mass is 16.5. The van der Waals surface area contributed by atoms with Gasteiger partial charge in [0, 0.05) is 18.8 Å². The number of methoxy groups -OCH3 is 2. The van der Waals surface area contributed by atoms with Gasteiger partial charge in [-0.1, -0.05) is 12.1 Å². The summed E-state index contributed by atoms with van der Waals surface area (Å²) in [5.74, 6) is 1.00. The van der Waals surface area contributed by atoms with Crippen molar-refractivity contribution in [2.24, 2.45) is 0 Å². The first-order chi connectivity index (χ1) is 9.26. The number of pyridine rings is 1. The number of Topliss-reactive ketones (excluding diaryl/α,β-unsaturated/α-hetero) is 1. The highest BCUT2D eigenvalue weighted by Gasteiger charge is 2.16. The summed E-state index contributed by atoms with van der Waals surface area (Å²) in [7, 11) is 3.08. The number of ether oxygens (including phenoxy) is 2. The average Bonchev–Trinajstić information content (AvgIpc) is 2.47. The van der Waals surface area contributed by atoms with Gasteiger partial charge in [-0.05, 0) is 23.8 Å². The normalized spacial score (nSPS) is 10.0. The number of rotatable bonds is 5. The van der Waals surface area contributed by atoms with Crippen LogP contribution in [0.3, 0.4) is 0 Å². The van der Waals surface area contributed by atoms with Crippen LogP contribution in [0, 0.1) is 0 Å². The predicted octanol–water partition coefficient (Wildman–Crippen LogP) is 2.52. The highest BCUT2D eigenvalue weighted by Crippen LogP contribution is 2.31. The van der Waals surface area contributed by atoms with Crippen LogP contribution in [0.25, 0.3) is 0 Å². The summed E-state index contributed by atoms with van der Waals surface area (Å²) in [4.78, 5) is 16.3. The second kappa shape index (κ2) is 6.00. The van der Waals surface area contributed by atoms with Gasteiger partial charge in [-0.3, -0.25) is 9.78 Å². The fourth-order valence-electron chi connectivity index (χ4n) is 1.89. The van der Waals surface area contributed by atoms with Crippen molar-refractivity contribution in [3.05, 3.63) is 53.9 Å². The number of hydrogen-bond donors (Lipinski definition) is 0. The van der Waals surface area contributed by atoms with Crippen LogP contribution >= 0.6 is 0 Å². The Labute approximate surface area is 112 Å². The van der Waals surface area contributed by atoms with Crippen LogP contribution < -0.4 is 9.47 Å². The molecule has 0 aliphatic rings. The lowest BCUT2D eigenvalue weighted by Gasteiger charge is -2.11.